The van der Waals surface area contributed by atoms with Gasteiger partial charge < -0.3 is 9.80 Å². The van der Waals surface area contributed by atoms with E-state index < -0.39 is 0 Å². The number of aromatic nitrogens is 2. The summed E-state index contributed by atoms with van der Waals surface area (Å²) in [6.45, 7) is 1.74. The molecule has 0 radical (unpaired) electrons. The molecule has 2 aliphatic rings. The van der Waals surface area contributed by atoms with E-state index >= 15 is 0 Å². The Kier molecular flexibility index (Phi) is 3.73. The molecule has 0 aromatic carbocycles. The predicted octanol–water partition coefficient (Wildman–Crippen LogP) is 2.33. The zero-order valence-electron chi connectivity index (χ0n) is 13.5. The molecule has 23 heavy (non-hydrogen) atoms. The number of hydrogen-bond acceptors (Lipinski definition) is 4. The Hall–Kier alpha value is -2.01. The van der Waals surface area contributed by atoms with Gasteiger partial charge in [-0.2, -0.15) is 0 Å². The highest BCUT2D eigenvalue weighted by Gasteiger charge is 2.34. The van der Waals surface area contributed by atoms with E-state index in [0.29, 0.717) is 11.7 Å². The molecule has 0 atom stereocenters. The SMILES string of the molecule is CN(CCN(C(=O)c1ccc2ccncc2n1)C1CC1)C1CC1. The summed E-state index contributed by atoms with van der Waals surface area (Å²) in [6.07, 6.45) is 8.30. The van der Waals surface area contributed by atoms with Crippen molar-refractivity contribution in [1.29, 1.82) is 0 Å². The molecule has 2 saturated carbocycles. The van der Waals surface area contributed by atoms with E-state index in [2.05, 4.69) is 21.9 Å². The van der Waals surface area contributed by atoms with Gasteiger partial charge >= 0.3 is 0 Å². The van der Waals surface area contributed by atoms with Gasteiger partial charge in [-0.1, -0.05) is 6.07 Å². The number of rotatable bonds is 6. The summed E-state index contributed by atoms with van der Waals surface area (Å²) in [5, 5.41) is 1.02. The molecule has 0 unspecified atom stereocenters. The molecular weight excluding hydrogens is 288 g/mol. The van der Waals surface area contributed by atoms with E-state index in [4.69, 9.17) is 0 Å². The van der Waals surface area contributed by atoms with Crippen molar-refractivity contribution in [2.75, 3.05) is 20.1 Å². The highest BCUT2D eigenvalue weighted by molar-refractivity contribution is 5.95. The first-order valence-electron chi connectivity index (χ1n) is 8.44. The monoisotopic (exact) mass is 310 g/mol. The summed E-state index contributed by atoms with van der Waals surface area (Å²) in [6, 6.07) is 6.85. The summed E-state index contributed by atoms with van der Waals surface area (Å²) < 4.78 is 0. The average molecular weight is 310 g/mol. The summed E-state index contributed by atoms with van der Waals surface area (Å²) in [5.74, 6) is 0.0578. The molecule has 0 saturated heterocycles. The fourth-order valence-electron chi connectivity index (χ4n) is 3.03. The Morgan fingerprint density at radius 2 is 1.91 bits per heavy atom. The molecule has 0 N–H and O–H groups in total. The van der Waals surface area contributed by atoms with Crippen molar-refractivity contribution in [2.24, 2.45) is 0 Å². The van der Waals surface area contributed by atoms with Crippen molar-refractivity contribution in [3.63, 3.8) is 0 Å². The first kappa shape index (κ1) is 14.6. The van der Waals surface area contributed by atoms with Crippen LogP contribution >= 0.6 is 0 Å². The number of hydrogen-bond donors (Lipinski definition) is 0. The third-order valence-corrected chi connectivity index (χ3v) is 4.83. The maximum absolute atomic E-state index is 12.9. The van der Waals surface area contributed by atoms with Crippen LogP contribution in [-0.4, -0.2) is 57.9 Å². The first-order valence-corrected chi connectivity index (χ1v) is 8.44. The van der Waals surface area contributed by atoms with Gasteiger partial charge in [-0.15, -0.1) is 0 Å². The largest absolute Gasteiger partial charge is 0.333 e. The van der Waals surface area contributed by atoms with Crippen LogP contribution in [0.3, 0.4) is 0 Å². The van der Waals surface area contributed by atoms with Crippen LogP contribution in [0.1, 0.15) is 36.2 Å². The molecular formula is C18H22N4O. The first-order chi connectivity index (χ1) is 11.2. The normalized spacial score (nSPS) is 17.7. The summed E-state index contributed by atoms with van der Waals surface area (Å²) >= 11 is 0. The van der Waals surface area contributed by atoms with Gasteiger partial charge in [-0.25, -0.2) is 4.98 Å². The van der Waals surface area contributed by atoms with Crippen LogP contribution in [0.2, 0.25) is 0 Å². The molecule has 120 valence electrons. The van der Waals surface area contributed by atoms with E-state index in [1.54, 1.807) is 12.4 Å². The Bertz CT molecular complexity index is 724. The smallest absolute Gasteiger partial charge is 0.272 e. The van der Waals surface area contributed by atoms with Gasteiger partial charge in [0.25, 0.3) is 5.91 Å². The van der Waals surface area contributed by atoms with Gasteiger partial charge in [0.2, 0.25) is 0 Å². The fourth-order valence-corrected chi connectivity index (χ4v) is 3.03. The number of carbonyl (C=O) groups is 1. The summed E-state index contributed by atoms with van der Waals surface area (Å²) in [7, 11) is 2.16. The quantitative estimate of drug-likeness (QED) is 0.821. The molecule has 2 aromatic heterocycles. The number of likely N-dealkylation sites (N-methyl/N-ethyl adjacent to an activating group) is 1. The maximum Gasteiger partial charge on any atom is 0.272 e. The minimum atomic E-state index is 0.0578. The average Bonchev–Trinajstić information content (AvgIpc) is 3.47. The molecule has 5 heteroatoms. The van der Waals surface area contributed by atoms with Gasteiger partial charge in [-0.05, 0) is 44.9 Å². The lowest BCUT2D eigenvalue weighted by molar-refractivity contribution is 0.0720. The van der Waals surface area contributed by atoms with Crippen LogP contribution in [-0.2, 0) is 0 Å². The van der Waals surface area contributed by atoms with Gasteiger partial charge in [0, 0.05) is 36.8 Å². The van der Waals surface area contributed by atoms with Gasteiger partial charge in [0.15, 0.2) is 0 Å². The lowest BCUT2D eigenvalue weighted by Gasteiger charge is -2.25. The van der Waals surface area contributed by atoms with E-state index in [0.717, 1.165) is 42.9 Å². The second kappa shape index (κ2) is 5.89. The number of fused-ring (bicyclic) bond motifs is 1. The Morgan fingerprint density at radius 3 is 2.65 bits per heavy atom. The van der Waals surface area contributed by atoms with E-state index in [9.17, 15) is 4.79 Å². The van der Waals surface area contributed by atoms with Crippen molar-refractivity contribution >= 4 is 16.8 Å². The molecule has 5 nitrogen and oxygen atoms in total. The number of amides is 1. The Labute approximate surface area is 136 Å². The van der Waals surface area contributed by atoms with E-state index in [1.165, 1.54) is 12.8 Å². The van der Waals surface area contributed by atoms with Crippen molar-refractivity contribution < 1.29 is 4.79 Å². The molecule has 0 aliphatic heterocycles. The van der Waals surface area contributed by atoms with Gasteiger partial charge in [-0.3, -0.25) is 9.78 Å². The second-order valence-corrected chi connectivity index (χ2v) is 6.71. The second-order valence-electron chi connectivity index (χ2n) is 6.71. The minimum absolute atomic E-state index is 0.0578. The van der Waals surface area contributed by atoms with Crippen molar-refractivity contribution in [2.45, 2.75) is 37.8 Å². The predicted molar refractivity (Wildman–Crippen MR) is 89.2 cm³/mol. The molecule has 2 fully saturated rings. The number of pyridine rings is 2. The van der Waals surface area contributed by atoms with Crippen molar-refractivity contribution in [3.8, 4) is 0 Å². The molecule has 0 bridgehead atoms. The third kappa shape index (κ3) is 3.20. The summed E-state index contributed by atoms with van der Waals surface area (Å²) in [4.78, 5) is 25.9. The minimum Gasteiger partial charge on any atom is -0.333 e. The highest BCUT2D eigenvalue weighted by Crippen LogP contribution is 2.29. The lowest BCUT2D eigenvalue weighted by atomic mass is 10.2. The maximum atomic E-state index is 12.9. The van der Waals surface area contributed by atoms with Crippen LogP contribution in [0.4, 0.5) is 0 Å². The molecule has 4 rings (SSSR count). The molecule has 0 spiro atoms. The van der Waals surface area contributed by atoms with Crippen LogP contribution in [0.25, 0.3) is 10.9 Å². The standard InChI is InChI=1S/C18H22N4O/c1-21(14-3-4-14)10-11-22(15-5-6-15)18(23)16-7-2-13-8-9-19-12-17(13)20-16/h2,7-9,12,14-15H,3-6,10-11H2,1H3. The fraction of sp³-hybridized carbons (Fsp3) is 0.500. The molecule has 1 amide bonds. The molecule has 2 heterocycles. The van der Waals surface area contributed by atoms with Crippen LogP contribution in [0.5, 0.6) is 0 Å². The zero-order chi connectivity index (χ0) is 15.8. The van der Waals surface area contributed by atoms with Crippen molar-refractivity contribution in [1.82, 2.24) is 19.8 Å². The highest BCUT2D eigenvalue weighted by atomic mass is 16.2. The number of nitrogens with zero attached hydrogens (tertiary/aromatic N) is 4. The van der Waals surface area contributed by atoms with Crippen LogP contribution < -0.4 is 0 Å². The van der Waals surface area contributed by atoms with Crippen molar-refractivity contribution in [3.05, 3.63) is 36.3 Å². The van der Waals surface area contributed by atoms with E-state index in [1.807, 2.05) is 23.1 Å². The summed E-state index contributed by atoms with van der Waals surface area (Å²) in [5.41, 5.74) is 1.32. The Balaban J connectivity index is 1.51. The topological polar surface area (TPSA) is 49.3 Å². The molecule has 2 aromatic rings. The third-order valence-electron chi connectivity index (χ3n) is 4.83. The zero-order valence-corrected chi connectivity index (χ0v) is 13.5. The van der Waals surface area contributed by atoms with Gasteiger partial charge in [0.05, 0.1) is 11.7 Å². The molecule has 2 aliphatic carbocycles. The lowest BCUT2D eigenvalue weighted by Crippen LogP contribution is -2.40. The number of carbonyl (C=O) groups excluding carboxylic acids is 1. The van der Waals surface area contributed by atoms with Crippen LogP contribution in [0, 0.1) is 0 Å². The van der Waals surface area contributed by atoms with Gasteiger partial charge in [0.1, 0.15) is 5.69 Å². The van der Waals surface area contributed by atoms with Crippen LogP contribution in [0.15, 0.2) is 30.6 Å². The van der Waals surface area contributed by atoms with E-state index in [-0.39, 0.29) is 5.91 Å². The Morgan fingerprint density at radius 1 is 1.13 bits per heavy atom.